The Morgan fingerprint density at radius 2 is 1.04 bits per heavy atom. The molecule has 0 radical (unpaired) electrons. The number of rotatable bonds is 21. The molecule has 0 spiro atoms. The zero-order valence-electron chi connectivity index (χ0n) is 53.7. The van der Waals surface area contributed by atoms with Crippen molar-refractivity contribution in [3.05, 3.63) is 132 Å². The minimum absolute atomic E-state index is 0.00635. The molecular weight excluding hydrogens is 1240 g/mol. The van der Waals surface area contributed by atoms with Crippen LogP contribution in [0.4, 0.5) is 0 Å². The number of likely N-dealkylation sites (N-methyl/N-ethyl adjacent to an activating group) is 1. The number of carbonyl (C=O) groups excluding carboxylic acids is 10. The first-order chi connectivity index (χ1) is 46.0. The number of amides is 10. The molecule has 96 heavy (non-hydrogen) atoms. The van der Waals surface area contributed by atoms with Crippen molar-refractivity contribution in [1.82, 2.24) is 57.3 Å². The van der Waals surface area contributed by atoms with Crippen LogP contribution in [0.5, 0.6) is 11.5 Å². The summed E-state index contributed by atoms with van der Waals surface area (Å²) in [5.41, 5.74) is 8.45. The first-order valence-electron chi connectivity index (χ1n) is 32.3. The van der Waals surface area contributed by atoms with Gasteiger partial charge in [-0.15, -0.1) is 0 Å². The smallest absolute Gasteiger partial charge is 0.305 e. The van der Waals surface area contributed by atoms with Crippen LogP contribution in [0.3, 0.4) is 0 Å². The van der Waals surface area contributed by atoms with Gasteiger partial charge in [-0.05, 0) is 104 Å². The Bertz CT molecular complexity index is 3550. The summed E-state index contributed by atoms with van der Waals surface area (Å²) in [6, 6.07) is 13.1. The van der Waals surface area contributed by atoms with Crippen molar-refractivity contribution in [2.24, 2.45) is 5.73 Å². The third kappa shape index (κ3) is 21.3. The maximum atomic E-state index is 15.2. The predicted molar refractivity (Wildman–Crippen MR) is 350 cm³/mol. The first-order valence-corrected chi connectivity index (χ1v) is 32.3. The van der Waals surface area contributed by atoms with Crippen LogP contribution in [0, 0.1) is 0 Å². The van der Waals surface area contributed by atoms with E-state index in [1.807, 2.05) is 6.92 Å². The Morgan fingerprint density at radius 3 is 1.65 bits per heavy atom. The fourth-order valence-electron chi connectivity index (χ4n) is 11.7. The van der Waals surface area contributed by atoms with E-state index in [1.165, 1.54) is 55.6 Å². The Labute approximate surface area is 554 Å². The van der Waals surface area contributed by atoms with Gasteiger partial charge in [-0.3, -0.25) is 57.5 Å². The van der Waals surface area contributed by atoms with Crippen LogP contribution in [-0.4, -0.2) is 187 Å². The Kier molecular flexibility index (Phi) is 27.2. The number of aromatic amines is 1. The maximum Gasteiger partial charge on any atom is 0.305 e. The highest BCUT2D eigenvalue weighted by Gasteiger charge is 2.42. The molecule has 15 N–H and O–H groups in total. The molecule has 5 aromatic rings. The van der Waals surface area contributed by atoms with Crippen molar-refractivity contribution in [2.45, 2.75) is 164 Å². The van der Waals surface area contributed by atoms with Gasteiger partial charge in [-0.2, -0.15) is 0 Å². The zero-order chi connectivity index (χ0) is 69.4. The molecule has 10 amide bonds. The summed E-state index contributed by atoms with van der Waals surface area (Å²) in [5.74, 6) is -12.4. The average Bonchev–Trinajstić information content (AvgIpc) is 1.57. The van der Waals surface area contributed by atoms with E-state index >= 15 is 14.4 Å². The number of benzene rings is 4. The summed E-state index contributed by atoms with van der Waals surface area (Å²) in [7, 11) is 1.26. The fraction of sp³-hybridized carbons (Fsp3) is 0.441. The molecule has 2 aliphatic rings. The summed E-state index contributed by atoms with van der Waals surface area (Å²) >= 11 is 0. The molecule has 2 saturated heterocycles. The van der Waals surface area contributed by atoms with Gasteiger partial charge >= 0.3 is 11.9 Å². The molecule has 0 unspecified atom stereocenters. The minimum Gasteiger partial charge on any atom is -0.508 e. The predicted octanol–water partition coefficient (Wildman–Crippen LogP) is 1.24. The number of unbranched alkanes of at least 4 members (excludes halogenated alkanes) is 3. The van der Waals surface area contributed by atoms with Gasteiger partial charge in [0.15, 0.2) is 0 Å². The zero-order valence-corrected chi connectivity index (χ0v) is 53.7. The van der Waals surface area contributed by atoms with Gasteiger partial charge in [0.2, 0.25) is 59.1 Å². The summed E-state index contributed by atoms with van der Waals surface area (Å²) in [5, 5.41) is 62.4. The SMILES string of the molecule is CCCCC[C@@H]1NC(=O)[C@H](Cc2ccc(O)cc2)NC(=O)[C@H](Cc2ccccc2)N(C)C(=O)[C@H](CCC(=O)O)NC(=O)[C@H](CCCCN)NC(=O)[C@H]2CCCN2C(=O)[C@H](CC(=O)O)NC(=O)[C@H](Cc2ccc(O)cc2)NC(=O)CNC(=O)[C@H](Cc2c[nH]c3ccccc23)NC1=O. The van der Waals surface area contributed by atoms with E-state index < -0.39 is 151 Å². The van der Waals surface area contributed by atoms with E-state index in [0.717, 1.165) is 9.80 Å². The lowest BCUT2D eigenvalue weighted by molar-refractivity contribution is -0.146. The molecule has 2 fully saturated rings. The number of H-pyrrole nitrogens is 1. The van der Waals surface area contributed by atoms with E-state index in [2.05, 4.69) is 47.5 Å². The van der Waals surface area contributed by atoms with Gasteiger partial charge in [-0.25, -0.2) is 0 Å². The van der Waals surface area contributed by atoms with Crippen LogP contribution < -0.4 is 48.3 Å². The highest BCUT2D eigenvalue weighted by Crippen LogP contribution is 2.23. The van der Waals surface area contributed by atoms with Gasteiger partial charge in [0, 0.05) is 62.8 Å². The number of hydrogen-bond acceptors (Lipinski definition) is 15. The first kappa shape index (κ1) is 73.0. The lowest BCUT2D eigenvalue weighted by Crippen LogP contribution is -2.61. The van der Waals surface area contributed by atoms with E-state index in [9.17, 15) is 63.6 Å². The monoisotopic (exact) mass is 1330 g/mol. The number of aromatic hydroxyl groups is 2. The highest BCUT2D eigenvalue weighted by molar-refractivity contribution is 6.00. The molecule has 3 heterocycles. The third-order valence-electron chi connectivity index (χ3n) is 17.0. The molecular formula is C68H86N12O16. The molecule has 514 valence electrons. The largest absolute Gasteiger partial charge is 0.508 e. The van der Waals surface area contributed by atoms with Crippen molar-refractivity contribution >= 4 is 81.9 Å². The second-order valence-electron chi connectivity index (χ2n) is 24.2. The van der Waals surface area contributed by atoms with Gasteiger partial charge in [0.1, 0.15) is 65.9 Å². The molecule has 1 aromatic heterocycles. The second-order valence-corrected chi connectivity index (χ2v) is 24.2. The standard InChI is InChI=1S/C68H86N12O16/c1-3-4-6-18-48-62(90)76-53(36-43-38-70-47-17-10-9-16-46(43)47)60(88)71-39-57(83)72-51(33-41-21-25-44(81)26-22-41)63(91)78-54(37-59(86)87)68(96)80-32-13-20-55(80)65(93)74-49(19-11-12-31-69)61(89)75-50(29-30-58(84)85)67(95)79(2)56(35-40-14-7-5-8-15-40)66(94)77-52(64(92)73-48)34-42-23-27-45(82)28-24-42/h5,7-10,14-17,21-28,38,48-56,70,81-82H,3-4,6,11-13,18-20,29-37,39,69H2,1-2H3,(H,71,88)(H,72,83)(H,73,92)(H,74,93)(H,75,89)(H,76,90)(H,77,94)(H,78,91)(H,84,85)(H,86,87)/t48-,49-,50-,51-,52-,53-,54-,55+,56-/m0/s1. The number of carbonyl (C=O) groups is 12. The minimum atomic E-state index is -1.85. The number of aromatic nitrogens is 1. The quantitative estimate of drug-likeness (QED) is 0.0460. The fourth-order valence-corrected chi connectivity index (χ4v) is 11.7. The molecule has 28 heteroatoms. The lowest BCUT2D eigenvalue weighted by atomic mass is 9.99. The van der Waals surface area contributed by atoms with Gasteiger partial charge in [0.05, 0.1) is 13.0 Å². The number of hydrogen-bond donors (Lipinski definition) is 14. The number of nitrogens with one attached hydrogen (secondary N) is 9. The van der Waals surface area contributed by atoms with Gasteiger partial charge in [-0.1, -0.05) is 99.0 Å². The summed E-state index contributed by atoms with van der Waals surface area (Å²) < 4.78 is 0. The van der Waals surface area contributed by atoms with E-state index in [0.29, 0.717) is 58.8 Å². The van der Waals surface area contributed by atoms with E-state index in [4.69, 9.17) is 5.73 Å². The van der Waals surface area contributed by atoms with Gasteiger partial charge in [0.25, 0.3) is 0 Å². The van der Waals surface area contributed by atoms with Crippen molar-refractivity contribution in [3.8, 4) is 11.5 Å². The van der Waals surface area contributed by atoms with E-state index in [-0.39, 0.29) is 82.4 Å². The number of carboxylic acid groups (broad SMARTS) is 2. The molecule has 2 aliphatic heterocycles. The summed E-state index contributed by atoms with van der Waals surface area (Å²) in [6.45, 7) is 1.18. The van der Waals surface area contributed by atoms with Crippen molar-refractivity contribution in [1.29, 1.82) is 0 Å². The number of phenols is 2. The molecule has 9 atom stereocenters. The van der Waals surface area contributed by atoms with Gasteiger partial charge < -0.3 is 83.5 Å². The van der Waals surface area contributed by atoms with Crippen molar-refractivity contribution in [3.63, 3.8) is 0 Å². The summed E-state index contributed by atoms with van der Waals surface area (Å²) in [4.78, 5) is 177. The number of aliphatic carboxylic acids is 2. The Morgan fingerprint density at radius 1 is 0.521 bits per heavy atom. The summed E-state index contributed by atoms with van der Waals surface area (Å²) in [6.07, 6.45) is 0.955. The third-order valence-corrected chi connectivity index (χ3v) is 17.0. The lowest BCUT2D eigenvalue weighted by Gasteiger charge is -2.33. The Balaban J connectivity index is 1.32. The number of nitrogens with zero attached hydrogens (tertiary/aromatic N) is 2. The van der Waals surface area contributed by atoms with Crippen LogP contribution in [0.15, 0.2) is 109 Å². The van der Waals surface area contributed by atoms with Crippen LogP contribution in [0.25, 0.3) is 10.9 Å². The highest BCUT2D eigenvalue weighted by atomic mass is 16.4. The normalized spacial score (nSPS) is 22.7. The molecule has 7 rings (SSSR count). The molecule has 28 nitrogen and oxygen atoms in total. The van der Waals surface area contributed by atoms with Crippen LogP contribution in [0.2, 0.25) is 0 Å². The van der Waals surface area contributed by atoms with Crippen LogP contribution in [0.1, 0.15) is 106 Å². The number of fused-ring (bicyclic) bond motifs is 2. The van der Waals surface area contributed by atoms with E-state index in [1.54, 1.807) is 60.8 Å². The van der Waals surface area contributed by atoms with Crippen molar-refractivity contribution in [2.75, 3.05) is 26.7 Å². The van der Waals surface area contributed by atoms with Crippen LogP contribution in [-0.2, 0) is 83.2 Å². The topological polar surface area (TPSA) is 430 Å². The number of carboxylic acids is 2. The Hall–Kier alpha value is -10.4. The molecule has 0 bridgehead atoms. The second kappa shape index (κ2) is 35.8. The maximum absolute atomic E-state index is 15.2. The van der Waals surface area contributed by atoms with Crippen LogP contribution >= 0.6 is 0 Å². The number of nitrogens with two attached hydrogens (primary N) is 1. The number of para-hydroxylation sites is 1. The average molecular weight is 1330 g/mol. The number of phenolic OH excluding ortho intramolecular Hbond substituents is 2. The molecule has 0 aliphatic carbocycles. The van der Waals surface area contributed by atoms with Crippen molar-refractivity contribution < 1.29 is 78.0 Å². The molecule has 0 saturated carbocycles. The molecule has 4 aromatic carbocycles.